The maximum atomic E-state index is 11.6. The molecule has 1 unspecified atom stereocenters. The summed E-state index contributed by atoms with van der Waals surface area (Å²) in [4.78, 5) is 17.3. The molecule has 2 rings (SSSR count). The molecule has 0 saturated carbocycles. The van der Waals surface area contributed by atoms with Gasteiger partial charge >= 0.3 is 0 Å². The molecule has 1 aliphatic heterocycles. The summed E-state index contributed by atoms with van der Waals surface area (Å²) in [5.41, 5.74) is 0.717. The van der Waals surface area contributed by atoms with E-state index in [9.17, 15) is 4.79 Å². The van der Waals surface area contributed by atoms with Gasteiger partial charge in [0.25, 0.3) is 0 Å². The van der Waals surface area contributed by atoms with Gasteiger partial charge in [0.15, 0.2) is 0 Å². The van der Waals surface area contributed by atoms with Gasteiger partial charge in [-0.2, -0.15) is 0 Å². The maximum absolute atomic E-state index is 11.6. The number of aromatic nitrogens is 1. The van der Waals surface area contributed by atoms with E-state index in [1.54, 1.807) is 23.2 Å². The van der Waals surface area contributed by atoms with Crippen molar-refractivity contribution in [3.8, 4) is 0 Å². The first kappa shape index (κ1) is 11.0. The molecule has 16 heavy (non-hydrogen) atoms. The Hall–Kier alpha value is -1.46. The molecule has 1 aromatic heterocycles. The maximum Gasteiger partial charge on any atom is 0.228 e. The predicted octanol–water partition coefficient (Wildman–Crippen LogP) is -0.0809. The fourth-order valence-electron chi connectivity index (χ4n) is 1.80. The van der Waals surface area contributed by atoms with Crippen LogP contribution >= 0.6 is 0 Å². The van der Waals surface area contributed by atoms with Crippen molar-refractivity contribution < 1.29 is 15.0 Å². The highest BCUT2D eigenvalue weighted by Gasteiger charge is 2.30. The van der Waals surface area contributed by atoms with Gasteiger partial charge in [-0.1, -0.05) is 6.07 Å². The van der Waals surface area contributed by atoms with E-state index in [-0.39, 0.29) is 25.0 Å². The molecule has 0 spiro atoms. The minimum Gasteiger partial charge on any atom is -0.396 e. The van der Waals surface area contributed by atoms with E-state index in [0.29, 0.717) is 24.3 Å². The number of carbonyl (C=O) groups excluding carboxylic acids is 1. The van der Waals surface area contributed by atoms with Gasteiger partial charge in [0, 0.05) is 31.7 Å². The predicted molar refractivity (Wildman–Crippen MR) is 57.7 cm³/mol. The standard InChI is InChI=1S/C11H14N2O3/c14-6-8-1-2-10(12-4-8)13-5-9(7-15)3-11(13)16/h1-2,4,9,14-15H,3,5-7H2. The Bertz CT molecular complexity index is 377. The zero-order valence-electron chi connectivity index (χ0n) is 8.83. The van der Waals surface area contributed by atoms with Gasteiger partial charge in [-0.25, -0.2) is 4.98 Å². The van der Waals surface area contributed by atoms with Crippen LogP contribution in [0, 0.1) is 5.92 Å². The van der Waals surface area contributed by atoms with Crippen LogP contribution in [0.25, 0.3) is 0 Å². The summed E-state index contributed by atoms with van der Waals surface area (Å²) in [5.74, 6) is 0.577. The average molecular weight is 222 g/mol. The second-order valence-electron chi connectivity index (χ2n) is 3.94. The lowest BCUT2D eigenvalue weighted by Crippen LogP contribution is -2.25. The highest BCUT2D eigenvalue weighted by atomic mass is 16.3. The Morgan fingerprint density at radius 1 is 1.44 bits per heavy atom. The molecule has 1 fully saturated rings. The van der Waals surface area contributed by atoms with Crippen LogP contribution in [0.1, 0.15) is 12.0 Å². The molecule has 5 heteroatoms. The van der Waals surface area contributed by atoms with Crippen molar-refractivity contribution in [2.75, 3.05) is 18.1 Å². The number of hydrogen-bond donors (Lipinski definition) is 2. The number of rotatable bonds is 3. The SMILES string of the molecule is O=C1CC(CO)CN1c1ccc(CO)cn1. The molecule has 1 amide bonds. The van der Waals surface area contributed by atoms with Crippen molar-refractivity contribution in [3.63, 3.8) is 0 Å². The topological polar surface area (TPSA) is 73.7 Å². The van der Waals surface area contributed by atoms with Gasteiger partial charge in [0.1, 0.15) is 5.82 Å². The van der Waals surface area contributed by atoms with Crippen molar-refractivity contribution in [1.82, 2.24) is 4.98 Å². The molecule has 2 N–H and O–H groups in total. The number of hydrogen-bond acceptors (Lipinski definition) is 4. The lowest BCUT2D eigenvalue weighted by atomic mass is 10.1. The smallest absolute Gasteiger partial charge is 0.228 e. The molecule has 0 radical (unpaired) electrons. The van der Waals surface area contributed by atoms with E-state index in [1.807, 2.05) is 0 Å². The van der Waals surface area contributed by atoms with E-state index in [0.717, 1.165) is 0 Å². The van der Waals surface area contributed by atoms with Crippen LogP contribution in [0.5, 0.6) is 0 Å². The van der Waals surface area contributed by atoms with Crippen LogP contribution in [0.2, 0.25) is 0 Å². The third kappa shape index (κ3) is 2.05. The van der Waals surface area contributed by atoms with E-state index in [2.05, 4.69) is 4.98 Å². The first-order valence-electron chi connectivity index (χ1n) is 5.21. The molecule has 2 heterocycles. The summed E-state index contributed by atoms with van der Waals surface area (Å²) in [5, 5.41) is 17.9. The highest BCUT2D eigenvalue weighted by molar-refractivity contribution is 5.94. The molecule has 5 nitrogen and oxygen atoms in total. The fraction of sp³-hybridized carbons (Fsp3) is 0.455. The summed E-state index contributed by atoms with van der Waals surface area (Å²) < 4.78 is 0. The first-order valence-corrected chi connectivity index (χ1v) is 5.21. The normalized spacial score (nSPS) is 20.5. The minimum absolute atomic E-state index is 0.00631. The van der Waals surface area contributed by atoms with E-state index < -0.39 is 0 Å². The summed E-state index contributed by atoms with van der Waals surface area (Å²) in [7, 11) is 0. The van der Waals surface area contributed by atoms with E-state index >= 15 is 0 Å². The van der Waals surface area contributed by atoms with Crippen LogP contribution < -0.4 is 4.90 Å². The van der Waals surface area contributed by atoms with Gasteiger partial charge in [-0.3, -0.25) is 9.69 Å². The molecule has 0 aliphatic carbocycles. The monoisotopic (exact) mass is 222 g/mol. The number of carbonyl (C=O) groups is 1. The van der Waals surface area contributed by atoms with Gasteiger partial charge in [-0.05, 0) is 11.6 Å². The Labute approximate surface area is 93.3 Å². The second kappa shape index (κ2) is 4.59. The Balaban J connectivity index is 2.15. The van der Waals surface area contributed by atoms with Gasteiger partial charge in [0.2, 0.25) is 5.91 Å². The molecular weight excluding hydrogens is 208 g/mol. The second-order valence-corrected chi connectivity index (χ2v) is 3.94. The van der Waals surface area contributed by atoms with Crippen LogP contribution in [-0.2, 0) is 11.4 Å². The van der Waals surface area contributed by atoms with Crippen molar-refractivity contribution in [1.29, 1.82) is 0 Å². The highest BCUT2D eigenvalue weighted by Crippen LogP contribution is 2.22. The fourth-order valence-corrected chi connectivity index (χ4v) is 1.80. The Kier molecular flexibility index (Phi) is 3.17. The van der Waals surface area contributed by atoms with Crippen molar-refractivity contribution in [3.05, 3.63) is 23.9 Å². The molecule has 1 aromatic rings. The van der Waals surface area contributed by atoms with Gasteiger partial charge < -0.3 is 10.2 Å². The van der Waals surface area contributed by atoms with E-state index in [1.165, 1.54) is 0 Å². The summed E-state index contributed by atoms with van der Waals surface area (Å²) in [6, 6.07) is 3.45. The van der Waals surface area contributed by atoms with Crippen molar-refractivity contribution in [2.45, 2.75) is 13.0 Å². The molecule has 0 aromatic carbocycles. The van der Waals surface area contributed by atoms with Gasteiger partial charge in [0.05, 0.1) is 6.61 Å². The number of anilines is 1. The zero-order valence-corrected chi connectivity index (χ0v) is 8.83. The Morgan fingerprint density at radius 2 is 2.25 bits per heavy atom. The third-order valence-electron chi connectivity index (χ3n) is 2.73. The van der Waals surface area contributed by atoms with Crippen LogP contribution in [0.4, 0.5) is 5.82 Å². The summed E-state index contributed by atoms with van der Waals surface area (Å²) in [6.45, 7) is 0.484. The van der Waals surface area contributed by atoms with Gasteiger partial charge in [-0.15, -0.1) is 0 Å². The molecule has 1 saturated heterocycles. The summed E-state index contributed by atoms with van der Waals surface area (Å²) in [6.07, 6.45) is 1.93. The Morgan fingerprint density at radius 3 is 2.75 bits per heavy atom. The third-order valence-corrected chi connectivity index (χ3v) is 2.73. The number of aliphatic hydroxyl groups is 2. The lowest BCUT2D eigenvalue weighted by Gasteiger charge is -2.15. The molecule has 0 bridgehead atoms. The van der Waals surface area contributed by atoms with Crippen molar-refractivity contribution >= 4 is 11.7 Å². The van der Waals surface area contributed by atoms with Crippen molar-refractivity contribution in [2.24, 2.45) is 5.92 Å². The number of pyridine rings is 1. The minimum atomic E-state index is -0.0551. The average Bonchev–Trinajstić information content (AvgIpc) is 2.71. The number of amides is 1. The molecule has 86 valence electrons. The largest absolute Gasteiger partial charge is 0.396 e. The van der Waals surface area contributed by atoms with Crippen LogP contribution in [0.15, 0.2) is 18.3 Å². The van der Waals surface area contributed by atoms with Crippen LogP contribution in [0.3, 0.4) is 0 Å². The summed E-state index contributed by atoms with van der Waals surface area (Å²) >= 11 is 0. The van der Waals surface area contributed by atoms with E-state index in [4.69, 9.17) is 10.2 Å². The van der Waals surface area contributed by atoms with Crippen LogP contribution in [-0.4, -0.2) is 34.3 Å². The lowest BCUT2D eigenvalue weighted by molar-refractivity contribution is -0.117. The molecular formula is C11H14N2O3. The zero-order chi connectivity index (χ0) is 11.5. The molecule has 1 aliphatic rings. The number of nitrogens with zero attached hydrogens (tertiary/aromatic N) is 2. The molecule has 1 atom stereocenters. The quantitative estimate of drug-likeness (QED) is 0.750. The number of aliphatic hydroxyl groups excluding tert-OH is 2. The first-order chi connectivity index (χ1) is 7.74.